The van der Waals surface area contributed by atoms with Gasteiger partial charge < -0.3 is 14.7 Å². The molecule has 0 unspecified atom stereocenters. The zero-order chi connectivity index (χ0) is 11.5. The van der Waals surface area contributed by atoms with Gasteiger partial charge in [-0.25, -0.2) is 0 Å². The molecule has 88 valence electrons. The van der Waals surface area contributed by atoms with Gasteiger partial charge in [0.25, 0.3) is 0 Å². The van der Waals surface area contributed by atoms with Crippen molar-refractivity contribution in [3.05, 3.63) is 23.5 Å². The molecule has 4 nitrogen and oxygen atoms in total. The van der Waals surface area contributed by atoms with Crippen LogP contribution >= 0.6 is 11.6 Å². The fourth-order valence-electron chi connectivity index (χ4n) is 2.11. The van der Waals surface area contributed by atoms with Crippen molar-refractivity contribution >= 4 is 17.3 Å². The summed E-state index contributed by atoms with van der Waals surface area (Å²) in [5.41, 5.74) is 0.912. The number of methoxy groups -OCH3 is 1. The highest BCUT2D eigenvalue weighted by molar-refractivity contribution is 6.33. The second-order valence-corrected chi connectivity index (χ2v) is 4.32. The Kier molecular flexibility index (Phi) is 3.63. The molecule has 0 radical (unpaired) electrons. The fourth-order valence-corrected chi connectivity index (χ4v) is 2.34. The van der Waals surface area contributed by atoms with E-state index in [1.54, 1.807) is 19.5 Å². The smallest absolute Gasteiger partial charge is 0.0822 e. The second kappa shape index (κ2) is 4.99. The van der Waals surface area contributed by atoms with E-state index in [4.69, 9.17) is 16.3 Å². The SMILES string of the molecule is CO[C@H]1C[C@@H](CO)N(c2ccncc2Cl)C1. The molecule has 1 aliphatic heterocycles. The van der Waals surface area contributed by atoms with Crippen LogP contribution in [-0.4, -0.2) is 42.5 Å². The number of aliphatic hydroxyl groups excluding tert-OH is 1. The first-order chi connectivity index (χ1) is 7.76. The van der Waals surface area contributed by atoms with Crippen LogP contribution in [-0.2, 0) is 4.74 Å². The zero-order valence-corrected chi connectivity index (χ0v) is 9.89. The predicted molar refractivity (Wildman–Crippen MR) is 62.9 cm³/mol. The van der Waals surface area contributed by atoms with Crippen molar-refractivity contribution in [2.24, 2.45) is 0 Å². The Morgan fingerprint density at radius 2 is 2.50 bits per heavy atom. The molecule has 0 aliphatic carbocycles. The van der Waals surface area contributed by atoms with E-state index < -0.39 is 0 Å². The second-order valence-electron chi connectivity index (χ2n) is 3.91. The van der Waals surface area contributed by atoms with Crippen LogP contribution in [0, 0.1) is 0 Å². The molecule has 2 rings (SSSR count). The minimum absolute atomic E-state index is 0.0739. The number of aromatic nitrogens is 1. The lowest BCUT2D eigenvalue weighted by atomic mass is 10.2. The number of hydrogen-bond donors (Lipinski definition) is 1. The van der Waals surface area contributed by atoms with Crippen molar-refractivity contribution in [2.75, 3.05) is 25.2 Å². The molecule has 1 N–H and O–H groups in total. The third-order valence-corrected chi connectivity index (χ3v) is 3.27. The van der Waals surface area contributed by atoms with E-state index in [0.717, 1.165) is 18.7 Å². The van der Waals surface area contributed by atoms with E-state index in [1.165, 1.54) is 0 Å². The third kappa shape index (κ3) is 2.14. The largest absolute Gasteiger partial charge is 0.394 e. The van der Waals surface area contributed by atoms with Crippen LogP contribution in [0.2, 0.25) is 5.02 Å². The van der Waals surface area contributed by atoms with Gasteiger partial charge in [-0.15, -0.1) is 0 Å². The summed E-state index contributed by atoms with van der Waals surface area (Å²) in [6, 6.07) is 1.94. The molecule has 1 fully saturated rings. The molecule has 0 spiro atoms. The van der Waals surface area contributed by atoms with Gasteiger partial charge in [0, 0.05) is 26.0 Å². The monoisotopic (exact) mass is 242 g/mol. The Bertz CT molecular complexity index is 362. The van der Waals surface area contributed by atoms with Crippen molar-refractivity contribution < 1.29 is 9.84 Å². The maximum absolute atomic E-state index is 9.35. The van der Waals surface area contributed by atoms with E-state index in [0.29, 0.717) is 5.02 Å². The number of pyridine rings is 1. The van der Waals surface area contributed by atoms with Crippen molar-refractivity contribution in [3.63, 3.8) is 0 Å². The number of hydrogen-bond acceptors (Lipinski definition) is 4. The number of anilines is 1. The quantitative estimate of drug-likeness (QED) is 0.869. The number of nitrogens with zero attached hydrogens (tertiary/aromatic N) is 2. The first-order valence-corrected chi connectivity index (χ1v) is 5.64. The highest BCUT2D eigenvalue weighted by atomic mass is 35.5. The molecule has 2 heterocycles. The summed E-state index contributed by atoms with van der Waals surface area (Å²) < 4.78 is 5.32. The van der Waals surface area contributed by atoms with Gasteiger partial charge in [-0.3, -0.25) is 4.98 Å². The van der Waals surface area contributed by atoms with E-state index in [2.05, 4.69) is 9.88 Å². The van der Waals surface area contributed by atoms with Gasteiger partial charge in [-0.2, -0.15) is 0 Å². The summed E-state index contributed by atoms with van der Waals surface area (Å²) in [6.45, 7) is 0.865. The maximum Gasteiger partial charge on any atom is 0.0822 e. The Balaban J connectivity index is 2.23. The predicted octanol–water partition coefficient (Wildman–Crippen LogP) is 1.32. The average Bonchev–Trinajstić information content (AvgIpc) is 2.72. The molecular formula is C11H15ClN2O2. The zero-order valence-electron chi connectivity index (χ0n) is 9.14. The molecule has 1 saturated heterocycles. The van der Waals surface area contributed by atoms with Gasteiger partial charge in [0.05, 0.1) is 29.5 Å². The lowest BCUT2D eigenvalue weighted by Crippen LogP contribution is -2.32. The molecule has 5 heteroatoms. The molecule has 2 atom stereocenters. The maximum atomic E-state index is 9.35. The highest BCUT2D eigenvalue weighted by Crippen LogP contribution is 2.31. The van der Waals surface area contributed by atoms with Crippen LogP contribution in [0.3, 0.4) is 0 Å². The minimum atomic E-state index is 0.0739. The van der Waals surface area contributed by atoms with Crippen LogP contribution in [0.25, 0.3) is 0 Å². The van der Waals surface area contributed by atoms with Gasteiger partial charge in [0.2, 0.25) is 0 Å². The van der Waals surface area contributed by atoms with Gasteiger partial charge >= 0.3 is 0 Å². The molecule has 1 aromatic rings. The lowest BCUT2D eigenvalue weighted by Gasteiger charge is -2.25. The number of halogens is 1. The van der Waals surface area contributed by atoms with Crippen LogP contribution < -0.4 is 4.90 Å². The van der Waals surface area contributed by atoms with E-state index in [-0.39, 0.29) is 18.8 Å². The van der Waals surface area contributed by atoms with E-state index in [1.807, 2.05) is 6.07 Å². The number of rotatable bonds is 3. The first-order valence-electron chi connectivity index (χ1n) is 5.26. The lowest BCUT2D eigenvalue weighted by molar-refractivity contribution is 0.115. The van der Waals surface area contributed by atoms with Gasteiger partial charge in [0.15, 0.2) is 0 Å². The summed E-state index contributed by atoms with van der Waals surface area (Å²) in [5, 5.41) is 9.96. The normalized spacial score (nSPS) is 25.1. The molecule has 0 amide bonds. The van der Waals surface area contributed by atoms with Crippen LogP contribution in [0.4, 0.5) is 5.69 Å². The van der Waals surface area contributed by atoms with Crippen molar-refractivity contribution in [1.29, 1.82) is 0 Å². The molecule has 1 aromatic heterocycles. The third-order valence-electron chi connectivity index (χ3n) is 2.98. The molecule has 1 aliphatic rings. The van der Waals surface area contributed by atoms with E-state index in [9.17, 15) is 5.11 Å². The Labute approximate surface area is 99.8 Å². The fraction of sp³-hybridized carbons (Fsp3) is 0.545. The van der Waals surface area contributed by atoms with Gasteiger partial charge in [-0.1, -0.05) is 11.6 Å². The topological polar surface area (TPSA) is 45.6 Å². The van der Waals surface area contributed by atoms with Crippen LogP contribution in [0.15, 0.2) is 18.5 Å². The Morgan fingerprint density at radius 1 is 1.69 bits per heavy atom. The molecule has 0 aromatic carbocycles. The first kappa shape index (κ1) is 11.6. The summed E-state index contributed by atoms with van der Waals surface area (Å²) >= 11 is 6.09. The summed E-state index contributed by atoms with van der Waals surface area (Å²) in [4.78, 5) is 6.04. The van der Waals surface area contributed by atoms with Gasteiger partial charge in [0.1, 0.15) is 0 Å². The number of aliphatic hydroxyl groups is 1. The van der Waals surface area contributed by atoms with Crippen molar-refractivity contribution in [1.82, 2.24) is 4.98 Å². The Hall–Kier alpha value is -0.840. The highest BCUT2D eigenvalue weighted by Gasteiger charge is 2.32. The average molecular weight is 243 g/mol. The van der Waals surface area contributed by atoms with Crippen molar-refractivity contribution in [3.8, 4) is 0 Å². The van der Waals surface area contributed by atoms with Crippen molar-refractivity contribution in [2.45, 2.75) is 18.6 Å². The summed E-state index contributed by atoms with van der Waals surface area (Å²) in [7, 11) is 1.69. The standard InChI is InChI=1S/C11H15ClN2O2/c1-16-9-4-8(7-15)14(6-9)11-2-3-13-5-10(11)12/h2-3,5,8-9,15H,4,6-7H2,1H3/t8-,9-/m0/s1. The molecule has 0 saturated carbocycles. The molecular weight excluding hydrogens is 228 g/mol. The summed E-state index contributed by atoms with van der Waals surface area (Å²) in [6.07, 6.45) is 4.30. The molecule has 0 bridgehead atoms. The van der Waals surface area contributed by atoms with Gasteiger partial charge in [-0.05, 0) is 12.5 Å². The molecule has 16 heavy (non-hydrogen) atoms. The van der Waals surface area contributed by atoms with Crippen LogP contribution in [0.5, 0.6) is 0 Å². The summed E-state index contributed by atoms with van der Waals surface area (Å²) in [5.74, 6) is 0. The Morgan fingerprint density at radius 3 is 3.12 bits per heavy atom. The van der Waals surface area contributed by atoms with E-state index >= 15 is 0 Å². The minimum Gasteiger partial charge on any atom is -0.394 e. The number of ether oxygens (including phenoxy) is 1. The van der Waals surface area contributed by atoms with Crippen LogP contribution in [0.1, 0.15) is 6.42 Å².